The molecule has 7 aliphatic carbocycles. The quantitative estimate of drug-likeness (QED) is 0.234. The van der Waals surface area contributed by atoms with Gasteiger partial charge in [-0.3, -0.25) is 0 Å². The Hall–Kier alpha value is -3.92. The molecule has 0 saturated heterocycles. The van der Waals surface area contributed by atoms with Gasteiger partial charge in [0.2, 0.25) is 0 Å². The number of hydrogen-bond acceptors (Lipinski definition) is 4. The van der Waals surface area contributed by atoms with Gasteiger partial charge in [-0.15, -0.1) is 0 Å². The van der Waals surface area contributed by atoms with Crippen molar-refractivity contribution in [3.8, 4) is 23.0 Å². The van der Waals surface area contributed by atoms with Crippen molar-refractivity contribution < 1.29 is 9.47 Å². The van der Waals surface area contributed by atoms with Gasteiger partial charge in [0.1, 0.15) is 23.0 Å². The molecule has 7 aliphatic rings. The maximum Gasteiger partial charge on any atom is 0.127 e. The van der Waals surface area contributed by atoms with Crippen molar-refractivity contribution in [3.05, 3.63) is 108 Å². The molecule has 0 heterocycles. The standard InChI is InChI=1S/C38H38N2O2/c39-25-5-13-29(14-6-25)41-27-9-1-22(2-10-27)36-23-17-31-33-19-38(20-34(31)37(36)35(21-38)32(33)18-23)24-3-11-28(12-4-24)42-30-15-7-26(40)8-16-30/h1-16,23,31-37H,17-21,39-40H2. The van der Waals surface area contributed by atoms with Crippen LogP contribution in [0.3, 0.4) is 0 Å². The van der Waals surface area contributed by atoms with Crippen LogP contribution in [0.15, 0.2) is 97.1 Å². The molecule has 7 saturated carbocycles. The Morgan fingerprint density at radius 2 is 0.929 bits per heavy atom. The monoisotopic (exact) mass is 554 g/mol. The van der Waals surface area contributed by atoms with Gasteiger partial charge in [0.05, 0.1) is 0 Å². The van der Waals surface area contributed by atoms with Crippen molar-refractivity contribution in [3.63, 3.8) is 0 Å². The van der Waals surface area contributed by atoms with Crippen LogP contribution in [-0.4, -0.2) is 0 Å². The number of nitrogens with two attached hydrogens (primary N) is 2. The summed E-state index contributed by atoms with van der Waals surface area (Å²) in [4.78, 5) is 0. The molecule has 0 aromatic heterocycles. The van der Waals surface area contributed by atoms with Crippen LogP contribution in [0, 0.1) is 41.4 Å². The van der Waals surface area contributed by atoms with Gasteiger partial charge in [0, 0.05) is 11.4 Å². The maximum atomic E-state index is 6.13. The fraction of sp³-hybridized carbons (Fsp3) is 0.368. The number of ether oxygens (including phenoxy) is 2. The van der Waals surface area contributed by atoms with E-state index in [1.54, 1.807) is 5.56 Å². The highest BCUT2D eigenvalue weighted by molar-refractivity contribution is 5.45. The summed E-state index contributed by atoms with van der Waals surface area (Å²) < 4.78 is 12.3. The minimum Gasteiger partial charge on any atom is -0.457 e. The first-order chi connectivity index (χ1) is 20.5. The Balaban J connectivity index is 0.962. The van der Waals surface area contributed by atoms with Gasteiger partial charge in [0.25, 0.3) is 0 Å². The third-order valence-electron chi connectivity index (χ3n) is 12.1. The Morgan fingerprint density at radius 3 is 1.43 bits per heavy atom. The molecule has 0 aliphatic heterocycles. The van der Waals surface area contributed by atoms with Crippen LogP contribution in [0.5, 0.6) is 23.0 Å². The molecule has 4 aromatic rings. The van der Waals surface area contributed by atoms with Gasteiger partial charge in [-0.05, 0) is 169 Å². The highest BCUT2D eigenvalue weighted by atomic mass is 16.5. The predicted molar refractivity (Wildman–Crippen MR) is 167 cm³/mol. The summed E-state index contributed by atoms with van der Waals surface area (Å²) >= 11 is 0. The second kappa shape index (κ2) is 9.04. The normalized spacial score (nSPS) is 35.0. The topological polar surface area (TPSA) is 70.5 Å². The van der Waals surface area contributed by atoms with E-state index < -0.39 is 0 Å². The zero-order valence-corrected chi connectivity index (χ0v) is 23.9. The summed E-state index contributed by atoms with van der Waals surface area (Å²) in [5.74, 6) is 10.4. The summed E-state index contributed by atoms with van der Waals surface area (Å²) in [7, 11) is 0. The molecule has 8 bridgehead atoms. The van der Waals surface area contributed by atoms with Crippen molar-refractivity contribution in [1.29, 1.82) is 0 Å². The van der Waals surface area contributed by atoms with Crippen molar-refractivity contribution in [1.82, 2.24) is 0 Å². The molecule has 11 rings (SSSR count). The Kier molecular flexibility index (Phi) is 5.31. The predicted octanol–water partition coefficient (Wildman–Crippen LogP) is 8.79. The Bertz CT molecular complexity index is 1590. The molecule has 4 N–H and O–H groups in total. The second-order valence-corrected chi connectivity index (χ2v) is 14.0. The largest absolute Gasteiger partial charge is 0.457 e. The third-order valence-corrected chi connectivity index (χ3v) is 12.1. The highest BCUT2D eigenvalue weighted by Crippen LogP contribution is 2.77. The van der Waals surface area contributed by atoms with Crippen molar-refractivity contribution in [2.45, 2.75) is 43.4 Å². The van der Waals surface area contributed by atoms with E-state index >= 15 is 0 Å². The smallest absolute Gasteiger partial charge is 0.127 e. The van der Waals surface area contributed by atoms with E-state index in [0.717, 1.165) is 75.8 Å². The van der Waals surface area contributed by atoms with Crippen LogP contribution in [0.4, 0.5) is 11.4 Å². The van der Waals surface area contributed by atoms with Gasteiger partial charge in [0.15, 0.2) is 0 Å². The fourth-order valence-electron chi connectivity index (χ4n) is 10.8. The molecular formula is C38H38N2O2. The Morgan fingerprint density at radius 1 is 0.500 bits per heavy atom. The maximum absolute atomic E-state index is 6.13. The minimum absolute atomic E-state index is 0.342. The van der Waals surface area contributed by atoms with Crippen LogP contribution in [0.1, 0.15) is 49.1 Å². The lowest BCUT2D eigenvalue weighted by Crippen LogP contribution is -2.68. The molecule has 0 spiro atoms. The molecule has 0 amide bonds. The molecule has 0 radical (unpaired) electrons. The summed E-state index contributed by atoms with van der Waals surface area (Å²) in [6.45, 7) is 0. The van der Waals surface area contributed by atoms with Crippen LogP contribution in [0.25, 0.3) is 0 Å². The van der Waals surface area contributed by atoms with Gasteiger partial charge < -0.3 is 20.9 Å². The first-order valence-corrected chi connectivity index (χ1v) is 15.8. The number of anilines is 2. The van der Waals surface area contributed by atoms with Gasteiger partial charge >= 0.3 is 0 Å². The van der Waals surface area contributed by atoms with Gasteiger partial charge in [-0.25, -0.2) is 0 Å². The molecule has 4 nitrogen and oxygen atoms in total. The average molecular weight is 555 g/mol. The minimum atomic E-state index is 0.342. The Labute approximate surface area is 248 Å². The zero-order chi connectivity index (χ0) is 28.0. The lowest BCUT2D eigenvalue weighted by Gasteiger charge is -2.74. The first-order valence-electron chi connectivity index (χ1n) is 15.8. The lowest BCUT2D eigenvalue weighted by molar-refractivity contribution is -0.222. The van der Waals surface area contributed by atoms with E-state index in [2.05, 4.69) is 48.5 Å². The molecule has 5 unspecified atom stereocenters. The summed E-state index contributed by atoms with van der Waals surface area (Å²) in [6.07, 6.45) is 7.00. The molecular weight excluding hydrogens is 516 g/mol. The molecule has 7 fully saturated rings. The number of nitrogen functional groups attached to an aromatic ring is 2. The number of benzene rings is 4. The van der Waals surface area contributed by atoms with Crippen molar-refractivity contribution in [2.75, 3.05) is 11.5 Å². The fourth-order valence-corrected chi connectivity index (χ4v) is 10.8. The van der Waals surface area contributed by atoms with Crippen molar-refractivity contribution in [2.24, 2.45) is 41.4 Å². The van der Waals surface area contributed by atoms with E-state index in [1.165, 1.54) is 37.7 Å². The van der Waals surface area contributed by atoms with Crippen molar-refractivity contribution >= 4 is 11.4 Å². The van der Waals surface area contributed by atoms with E-state index in [-0.39, 0.29) is 0 Å². The lowest BCUT2D eigenvalue weighted by atomic mass is 9.30. The van der Waals surface area contributed by atoms with E-state index in [9.17, 15) is 0 Å². The van der Waals surface area contributed by atoms with E-state index in [0.29, 0.717) is 11.3 Å². The molecule has 4 heteroatoms. The van der Waals surface area contributed by atoms with Gasteiger partial charge in [-0.2, -0.15) is 0 Å². The molecule has 5 atom stereocenters. The van der Waals surface area contributed by atoms with Crippen LogP contribution in [-0.2, 0) is 5.41 Å². The molecule has 42 heavy (non-hydrogen) atoms. The zero-order valence-electron chi connectivity index (χ0n) is 23.9. The van der Waals surface area contributed by atoms with Crippen LogP contribution < -0.4 is 20.9 Å². The summed E-state index contributed by atoms with van der Waals surface area (Å²) in [5, 5.41) is 0. The van der Waals surface area contributed by atoms with E-state index in [4.69, 9.17) is 20.9 Å². The molecule has 4 aromatic carbocycles. The number of hydrogen-bond donors (Lipinski definition) is 2. The summed E-state index contributed by atoms with van der Waals surface area (Å²) in [5.41, 5.74) is 16.6. The average Bonchev–Trinajstić information content (AvgIpc) is 3.02. The van der Waals surface area contributed by atoms with Gasteiger partial charge in [-0.1, -0.05) is 24.3 Å². The van der Waals surface area contributed by atoms with E-state index in [1.807, 2.05) is 48.5 Å². The SMILES string of the molecule is Nc1ccc(Oc2ccc(C3C4CC5C6CC7(c8ccc(Oc9ccc(N)cc9)cc8)CC5C3C(C7)C6C4)cc2)cc1. The van der Waals surface area contributed by atoms with Crippen LogP contribution >= 0.6 is 0 Å². The molecule has 212 valence electrons. The second-order valence-electron chi connectivity index (χ2n) is 14.0. The number of rotatable bonds is 6. The highest BCUT2D eigenvalue weighted by Gasteiger charge is 2.70. The first kappa shape index (κ1) is 24.7. The third kappa shape index (κ3) is 3.73. The summed E-state index contributed by atoms with van der Waals surface area (Å²) in [6, 6.07) is 33.5. The van der Waals surface area contributed by atoms with Crippen LogP contribution in [0.2, 0.25) is 0 Å².